The van der Waals surface area contributed by atoms with E-state index in [1.165, 1.54) is 0 Å². The molecule has 0 bridgehead atoms. The lowest BCUT2D eigenvalue weighted by Crippen LogP contribution is -2.57. The van der Waals surface area contributed by atoms with E-state index < -0.39 is 6.29 Å². The molecule has 23 heavy (non-hydrogen) atoms. The molecule has 2 heterocycles. The molecule has 0 aromatic carbocycles. The topological polar surface area (TPSA) is 88.5 Å². The highest BCUT2D eigenvalue weighted by atomic mass is 35.5. The molecule has 0 saturated heterocycles. The van der Waals surface area contributed by atoms with Gasteiger partial charge in [0.2, 0.25) is 0 Å². The van der Waals surface area contributed by atoms with Gasteiger partial charge in [-0.15, -0.1) is 0 Å². The van der Waals surface area contributed by atoms with Crippen molar-refractivity contribution in [2.45, 2.75) is 26.1 Å². The van der Waals surface area contributed by atoms with Crippen LogP contribution in [0, 0.1) is 10.1 Å². The van der Waals surface area contributed by atoms with Crippen molar-refractivity contribution < 1.29 is 4.92 Å². The largest absolute Gasteiger partial charge is 0.344 e. The van der Waals surface area contributed by atoms with E-state index >= 15 is 0 Å². The smallest absolute Gasteiger partial charge is 0.279 e. The number of aromatic nitrogens is 1. The van der Waals surface area contributed by atoms with Crippen LogP contribution >= 0.6 is 23.2 Å². The Balaban J connectivity index is 2.50. The third-order valence-corrected chi connectivity index (χ3v) is 4.84. The molecule has 0 saturated carbocycles. The molecule has 0 aliphatic carbocycles. The Labute approximate surface area is 144 Å². The molecule has 7 nitrogen and oxygen atoms in total. The molecule has 1 aliphatic heterocycles. The Kier molecular flexibility index (Phi) is 5.46. The fraction of sp³-hybridized carbons (Fsp3) is 0.500. The third-order valence-electron chi connectivity index (χ3n) is 4.15. The SMILES string of the molecule is CCN1CC([N+](=O)[O-])=C(C(C)c2cnc(Cl)c(Cl)c2)N(C)C1N. The second-order valence-corrected chi connectivity index (χ2v) is 6.20. The van der Waals surface area contributed by atoms with E-state index in [9.17, 15) is 10.1 Å². The number of nitrogens with two attached hydrogens (primary N) is 1. The summed E-state index contributed by atoms with van der Waals surface area (Å²) in [6.45, 7) is 4.61. The van der Waals surface area contributed by atoms with Gasteiger partial charge in [0, 0.05) is 19.2 Å². The fourth-order valence-electron chi connectivity index (χ4n) is 2.79. The first-order valence-electron chi connectivity index (χ1n) is 7.18. The molecule has 0 amide bonds. The minimum Gasteiger partial charge on any atom is -0.344 e. The molecular weight excluding hydrogens is 341 g/mol. The van der Waals surface area contributed by atoms with Crippen molar-refractivity contribution in [2.24, 2.45) is 5.73 Å². The molecule has 126 valence electrons. The van der Waals surface area contributed by atoms with Crippen LogP contribution < -0.4 is 5.73 Å². The predicted octanol–water partition coefficient (Wildman–Crippen LogP) is 2.49. The lowest BCUT2D eigenvalue weighted by Gasteiger charge is -2.41. The van der Waals surface area contributed by atoms with Crippen molar-refractivity contribution in [2.75, 3.05) is 20.1 Å². The summed E-state index contributed by atoms with van der Waals surface area (Å²) in [6, 6.07) is 1.68. The molecule has 9 heteroatoms. The summed E-state index contributed by atoms with van der Waals surface area (Å²) in [6.07, 6.45) is 1.16. The highest BCUT2D eigenvalue weighted by Gasteiger charge is 2.37. The number of hydrogen-bond acceptors (Lipinski definition) is 6. The zero-order valence-corrected chi connectivity index (χ0v) is 14.7. The van der Waals surface area contributed by atoms with E-state index in [2.05, 4.69) is 4.98 Å². The number of halogens is 2. The summed E-state index contributed by atoms with van der Waals surface area (Å²) in [4.78, 5) is 18.8. The minimum atomic E-state index is -0.420. The average Bonchev–Trinajstić information content (AvgIpc) is 2.51. The quantitative estimate of drug-likeness (QED) is 0.504. The van der Waals surface area contributed by atoms with Gasteiger partial charge >= 0.3 is 0 Å². The Morgan fingerprint density at radius 1 is 1.57 bits per heavy atom. The van der Waals surface area contributed by atoms with Gasteiger partial charge < -0.3 is 4.90 Å². The van der Waals surface area contributed by atoms with Gasteiger partial charge in [0.25, 0.3) is 5.70 Å². The van der Waals surface area contributed by atoms with Crippen LogP contribution in [-0.2, 0) is 0 Å². The molecule has 2 unspecified atom stereocenters. The predicted molar refractivity (Wildman–Crippen MR) is 89.7 cm³/mol. The Morgan fingerprint density at radius 3 is 2.74 bits per heavy atom. The first kappa shape index (κ1) is 17.9. The zero-order chi connectivity index (χ0) is 17.3. The molecule has 2 atom stereocenters. The summed E-state index contributed by atoms with van der Waals surface area (Å²) in [5, 5.41) is 12.0. The van der Waals surface area contributed by atoms with Gasteiger partial charge in [0.15, 0.2) is 0 Å². The van der Waals surface area contributed by atoms with Crippen molar-refractivity contribution >= 4 is 23.2 Å². The van der Waals surface area contributed by atoms with Crippen LogP contribution in [0.25, 0.3) is 0 Å². The number of nitro groups is 1. The van der Waals surface area contributed by atoms with E-state index in [1.54, 1.807) is 24.2 Å². The first-order valence-corrected chi connectivity index (χ1v) is 7.94. The molecule has 0 radical (unpaired) electrons. The van der Waals surface area contributed by atoms with Crippen LogP contribution in [0.3, 0.4) is 0 Å². The van der Waals surface area contributed by atoms with Crippen LogP contribution in [0.2, 0.25) is 10.2 Å². The Bertz CT molecular complexity index is 652. The van der Waals surface area contributed by atoms with Crippen LogP contribution in [-0.4, -0.2) is 46.1 Å². The minimum absolute atomic E-state index is 0.134. The number of likely N-dealkylation sites (N-methyl/N-ethyl adjacent to an activating group) is 2. The maximum Gasteiger partial charge on any atom is 0.279 e. The molecule has 1 aliphatic rings. The summed E-state index contributed by atoms with van der Waals surface area (Å²) in [7, 11) is 1.76. The zero-order valence-electron chi connectivity index (χ0n) is 13.2. The molecule has 1 aromatic rings. The van der Waals surface area contributed by atoms with E-state index in [4.69, 9.17) is 28.9 Å². The normalized spacial score (nSPS) is 20.8. The van der Waals surface area contributed by atoms with Gasteiger partial charge in [0.05, 0.1) is 22.2 Å². The lowest BCUT2D eigenvalue weighted by atomic mass is 9.95. The van der Waals surface area contributed by atoms with Crippen LogP contribution in [0.4, 0.5) is 0 Å². The number of pyridine rings is 1. The van der Waals surface area contributed by atoms with E-state index in [0.717, 1.165) is 5.56 Å². The van der Waals surface area contributed by atoms with Crippen molar-refractivity contribution in [3.8, 4) is 0 Å². The number of rotatable bonds is 4. The van der Waals surface area contributed by atoms with Crippen LogP contribution in [0.1, 0.15) is 25.3 Å². The van der Waals surface area contributed by atoms with E-state index in [0.29, 0.717) is 17.3 Å². The Morgan fingerprint density at radius 2 is 2.22 bits per heavy atom. The molecular formula is C14H19Cl2N5O2. The van der Waals surface area contributed by atoms with Crippen molar-refractivity contribution in [1.82, 2.24) is 14.8 Å². The van der Waals surface area contributed by atoms with E-state index in [1.807, 2.05) is 18.7 Å². The summed E-state index contributed by atoms with van der Waals surface area (Å²) < 4.78 is 0. The van der Waals surface area contributed by atoms with Gasteiger partial charge in [-0.2, -0.15) is 0 Å². The molecule has 2 rings (SSSR count). The monoisotopic (exact) mass is 359 g/mol. The Hall–Kier alpha value is -1.41. The number of allylic oxidation sites excluding steroid dienone is 1. The highest BCUT2D eigenvalue weighted by Crippen LogP contribution is 2.34. The summed E-state index contributed by atoms with van der Waals surface area (Å²) in [5.74, 6) is -0.285. The van der Waals surface area contributed by atoms with Gasteiger partial charge in [-0.05, 0) is 18.2 Å². The number of nitrogens with zero attached hydrogens (tertiary/aromatic N) is 4. The van der Waals surface area contributed by atoms with Gasteiger partial charge in [-0.3, -0.25) is 20.7 Å². The summed E-state index contributed by atoms with van der Waals surface area (Å²) >= 11 is 11.9. The van der Waals surface area contributed by atoms with Crippen molar-refractivity contribution in [3.63, 3.8) is 0 Å². The van der Waals surface area contributed by atoms with Gasteiger partial charge in [-0.1, -0.05) is 37.0 Å². The second-order valence-electron chi connectivity index (χ2n) is 5.44. The molecule has 0 fully saturated rings. The second kappa shape index (κ2) is 7.00. The van der Waals surface area contributed by atoms with Gasteiger partial charge in [-0.25, -0.2) is 4.98 Å². The average molecular weight is 360 g/mol. The fourth-order valence-corrected chi connectivity index (χ4v) is 3.07. The van der Waals surface area contributed by atoms with Gasteiger partial charge in [0.1, 0.15) is 11.4 Å². The van der Waals surface area contributed by atoms with Crippen LogP contribution in [0.15, 0.2) is 23.7 Å². The molecule has 1 aromatic heterocycles. The van der Waals surface area contributed by atoms with Crippen LogP contribution in [0.5, 0.6) is 0 Å². The number of hydrogen-bond donors (Lipinski definition) is 1. The lowest BCUT2D eigenvalue weighted by molar-refractivity contribution is -0.433. The summed E-state index contributed by atoms with van der Waals surface area (Å²) in [5.41, 5.74) is 7.63. The first-order chi connectivity index (χ1) is 10.8. The maximum atomic E-state index is 11.5. The molecule has 2 N–H and O–H groups in total. The van der Waals surface area contributed by atoms with Crippen molar-refractivity contribution in [1.29, 1.82) is 0 Å². The molecule has 0 spiro atoms. The third kappa shape index (κ3) is 3.42. The standard InChI is InChI=1S/C14H19Cl2N5O2/c1-4-20-7-11(21(22)23)12(19(3)14(20)17)8(2)9-5-10(15)13(16)18-6-9/h5-6,8,14H,4,7,17H2,1-3H3. The maximum absolute atomic E-state index is 11.5. The van der Waals surface area contributed by atoms with Crippen molar-refractivity contribution in [3.05, 3.63) is 49.5 Å². The highest BCUT2D eigenvalue weighted by molar-refractivity contribution is 6.41. The van der Waals surface area contributed by atoms with E-state index in [-0.39, 0.29) is 28.2 Å².